The number of nitrogens with one attached hydrogen (secondary N) is 1. The van der Waals surface area contributed by atoms with Gasteiger partial charge in [0.1, 0.15) is 11.5 Å². The Balaban J connectivity index is 0.000000782. The number of aromatic hydroxyl groups is 1. The van der Waals surface area contributed by atoms with Gasteiger partial charge in [0.2, 0.25) is 6.29 Å². The number of esters is 2. The Morgan fingerprint density at radius 2 is 1.88 bits per heavy atom. The number of methoxy groups -OCH3 is 1. The minimum absolute atomic E-state index is 0.0459. The molecule has 0 saturated carbocycles. The van der Waals surface area contributed by atoms with Gasteiger partial charge in [-0.25, -0.2) is 14.2 Å². The van der Waals surface area contributed by atoms with E-state index in [1.807, 2.05) is 0 Å². The van der Waals surface area contributed by atoms with E-state index in [4.69, 9.17) is 23.5 Å². The van der Waals surface area contributed by atoms with Gasteiger partial charge in [-0.2, -0.15) is 0 Å². The fourth-order valence-electron chi connectivity index (χ4n) is 3.27. The largest absolute Gasteiger partial charge is 0.508 e. The molecule has 0 amide bonds. The molecule has 42 heavy (non-hydrogen) atoms. The number of ether oxygens (including phenoxy) is 4. The summed E-state index contributed by atoms with van der Waals surface area (Å²) in [5.41, 5.74) is 1.02. The lowest BCUT2D eigenvalue weighted by atomic mass is 10.2. The van der Waals surface area contributed by atoms with Gasteiger partial charge in [-0.1, -0.05) is 32.1 Å². The van der Waals surface area contributed by atoms with Gasteiger partial charge >= 0.3 is 18.7 Å². The molecule has 4 atom stereocenters. The highest BCUT2D eigenvalue weighted by atomic mass is 32.7. The first-order valence-corrected chi connectivity index (χ1v) is 16.4. The lowest BCUT2D eigenvalue weighted by Crippen LogP contribution is -2.42. The molecule has 3 N–H and O–H groups in total. The van der Waals surface area contributed by atoms with Crippen molar-refractivity contribution in [3.05, 3.63) is 84.7 Å². The Bertz CT molecular complexity index is 1200. The number of hydrogen-bond donors (Lipinski definition) is 3. The van der Waals surface area contributed by atoms with E-state index in [1.54, 1.807) is 31.4 Å². The van der Waals surface area contributed by atoms with Crippen molar-refractivity contribution >= 4 is 30.1 Å². The normalized spacial score (nSPS) is 18.0. The van der Waals surface area contributed by atoms with Gasteiger partial charge in [-0.3, -0.25) is 4.52 Å². The second-order valence-electron chi connectivity index (χ2n) is 9.02. The molecule has 4 unspecified atom stereocenters. The van der Waals surface area contributed by atoms with E-state index in [1.165, 1.54) is 55.6 Å². The summed E-state index contributed by atoms with van der Waals surface area (Å²) in [4.78, 5) is 33.7. The van der Waals surface area contributed by atoms with E-state index < -0.39 is 31.1 Å². The molecule has 11 nitrogen and oxygen atoms in total. The number of phenolic OH excluding ortho intramolecular Hbond substituents is 1. The lowest BCUT2D eigenvalue weighted by Gasteiger charge is -2.34. The van der Waals surface area contributed by atoms with Crippen LogP contribution in [0.1, 0.15) is 49.0 Å². The maximum Gasteiger partial charge on any atom is 0.386 e. The third-order valence-corrected chi connectivity index (χ3v) is 8.58. The van der Waals surface area contributed by atoms with Gasteiger partial charge in [0, 0.05) is 31.6 Å². The molecule has 2 aromatic carbocycles. The van der Waals surface area contributed by atoms with Gasteiger partial charge in [-0.15, -0.1) is 0 Å². The molecule has 1 fully saturated rings. The topological polar surface area (TPSA) is 150 Å². The van der Waals surface area contributed by atoms with E-state index in [-0.39, 0.29) is 18.1 Å². The van der Waals surface area contributed by atoms with Crippen molar-refractivity contribution in [2.45, 2.75) is 57.4 Å². The predicted octanol–water partition coefficient (Wildman–Crippen LogP) is 5.69. The molecular formula is C29H38NO10PS. The first-order chi connectivity index (χ1) is 20.0. The summed E-state index contributed by atoms with van der Waals surface area (Å²) in [6.45, 7) is 3.62. The summed E-state index contributed by atoms with van der Waals surface area (Å²) in [5, 5.41) is 11.9. The number of hydrogen-bond acceptors (Lipinski definition) is 11. The predicted molar refractivity (Wildman–Crippen MR) is 160 cm³/mol. The third kappa shape index (κ3) is 13.7. The van der Waals surface area contributed by atoms with Crippen LogP contribution in [-0.2, 0) is 33.8 Å². The molecule has 13 heteroatoms. The molecule has 2 aromatic rings. The zero-order valence-corrected chi connectivity index (χ0v) is 25.6. The van der Waals surface area contributed by atoms with Gasteiger partial charge in [-0.05, 0) is 72.9 Å². The average Bonchev–Trinajstić information content (AvgIpc) is 2.94. The second-order valence-corrected chi connectivity index (χ2v) is 12.9. The minimum atomic E-state index is -3.94. The monoisotopic (exact) mass is 623 g/mol. The molecule has 1 heterocycles. The van der Waals surface area contributed by atoms with Crippen LogP contribution in [0.25, 0.3) is 0 Å². The number of benzene rings is 2. The van der Waals surface area contributed by atoms with Crippen molar-refractivity contribution < 1.29 is 47.6 Å². The van der Waals surface area contributed by atoms with Crippen LogP contribution < -0.4 is 10.1 Å². The molecule has 1 aliphatic rings. The highest BCUT2D eigenvalue weighted by Crippen LogP contribution is 2.57. The maximum absolute atomic E-state index is 12.3. The summed E-state index contributed by atoms with van der Waals surface area (Å²) >= 11 is 0.741. The first-order valence-electron chi connectivity index (χ1n) is 13.2. The van der Waals surface area contributed by atoms with Crippen LogP contribution in [0.3, 0.4) is 0 Å². The number of rotatable bonds is 15. The third-order valence-electron chi connectivity index (χ3n) is 5.63. The Kier molecular flexibility index (Phi) is 15.4. The molecule has 1 saturated heterocycles. The Morgan fingerprint density at radius 1 is 1.21 bits per heavy atom. The van der Waals surface area contributed by atoms with E-state index in [2.05, 4.69) is 25.7 Å². The van der Waals surface area contributed by atoms with E-state index in [9.17, 15) is 24.2 Å². The van der Waals surface area contributed by atoms with Crippen molar-refractivity contribution in [2.75, 3.05) is 13.7 Å². The molecule has 230 valence electrons. The van der Waals surface area contributed by atoms with Crippen LogP contribution in [0.15, 0.2) is 73.6 Å². The van der Waals surface area contributed by atoms with Crippen molar-refractivity contribution in [2.24, 2.45) is 0 Å². The number of phenols is 1. The van der Waals surface area contributed by atoms with Crippen molar-refractivity contribution in [3.8, 4) is 11.5 Å². The van der Waals surface area contributed by atoms with Crippen molar-refractivity contribution in [1.82, 2.24) is 5.32 Å². The van der Waals surface area contributed by atoms with Crippen molar-refractivity contribution in [3.63, 3.8) is 0 Å². The van der Waals surface area contributed by atoms with Crippen LogP contribution >= 0.6 is 18.2 Å². The van der Waals surface area contributed by atoms with Gasteiger partial charge in [0.05, 0.1) is 24.4 Å². The Labute approximate surface area is 250 Å². The number of carbonyl (C=O) groups is 2. The summed E-state index contributed by atoms with van der Waals surface area (Å²) in [6.07, 6.45) is 5.96. The fraction of sp³-hybridized carbons (Fsp3) is 0.379. The van der Waals surface area contributed by atoms with E-state index >= 15 is 0 Å². The van der Waals surface area contributed by atoms with Gasteiger partial charge in [0.25, 0.3) is 0 Å². The SMILES string of the molecule is C=CN/C=C\C(=O)OC1CC(COP(=O)(O)SCc2ccc(OC(=O)c3ccc(O)cc3)cc2)O1.CCCC(C)OC. The smallest absolute Gasteiger partial charge is 0.386 e. The fourth-order valence-corrected chi connectivity index (χ4v) is 5.54. The molecule has 3 rings (SSSR count). The lowest BCUT2D eigenvalue weighted by molar-refractivity contribution is -0.251. The van der Waals surface area contributed by atoms with Gasteiger partial charge < -0.3 is 34.3 Å². The first kappa shape index (κ1) is 35.1. The van der Waals surface area contributed by atoms with Crippen molar-refractivity contribution in [1.29, 1.82) is 0 Å². The van der Waals surface area contributed by atoms with E-state index in [0.717, 1.165) is 16.9 Å². The zero-order valence-electron chi connectivity index (χ0n) is 23.8. The van der Waals surface area contributed by atoms with Crippen LogP contribution in [0.4, 0.5) is 0 Å². The molecule has 0 spiro atoms. The summed E-state index contributed by atoms with van der Waals surface area (Å²) in [6, 6.07) is 12.1. The summed E-state index contributed by atoms with van der Waals surface area (Å²) < 4.78 is 38.0. The molecule has 0 aromatic heterocycles. The van der Waals surface area contributed by atoms with Crippen LogP contribution in [0, 0.1) is 0 Å². The van der Waals surface area contributed by atoms with E-state index in [0.29, 0.717) is 23.8 Å². The summed E-state index contributed by atoms with van der Waals surface area (Å²) in [5.74, 6) is -0.615. The molecule has 0 aliphatic carbocycles. The summed E-state index contributed by atoms with van der Waals surface area (Å²) in [7, 11) is 1.75. The Morgan fingerprint density at radius 3 is 2.45 bits per heavy atom. The molecular weight excluding hydrogens is 585 g/mol. The standard InChI is InChI=1S/C23H24NO9PS.C6H14O/c1-2-24-12-11-21(26)33-22-13-20(31-22)14-30-34(28,29)35-15-16-3-9-19(10-4-16)32-23(27)17-5-7-18(25)8-6-17;1-4-5-6(2)7-3/h2-12,20,22,24-25H,1,13-15H2,(H,28,29);6H,4-5H2,1-3H3/b12-11-;. The van der Waals surface area contributed by atoms with Gasteiger partial charge in [0.15, 0.2) is 0 Å². The second kappa shape index (κ2) is 18.4. The Hall–Kier alpha value is -3.12. The molecule has 0 radical (unpaired) electrons. The zero-order chi connectivity index (χ0) is 31.0. The maximum atomic E-state index is 12.3. The highest BCUT2D eigenvalue weighted by Gasteiger charge is 2.35. The minimum Gasteiger partial charge on any atom is -0.508 e. The quantitative estimate of drug-likeness (QED) is 0.0968. The van der Waals surface area contributed by atoms with Crippen LogP contribution in [0.5, 0.6) is 11.5 Å². The molecule has 1 aliphatic heterocycles. The van der Waals surface area contributed by atoms with Crippen LogP contribution in [-0.4, -0.2) is 54.2 Å². The average molecular weight is 624 g/mol. The number of carbonyl (C=O) groups excluding carboxylic acids is 2. The van der Waals surface area contributed by atoms with Crippen LogP contribution in [0.2, 0.25) is 0 Å². The molecule has 0 bridgehead atoms. The highest BCUT2D eigenvalue weighted by molar-refractivity contribution is 8.54.